The number of benzene rings is 1. The Balaban J connectivity index is 0.00000364. The van der Waals surface area contributed by atoms with Crippen molar-refractivity contribution in [1.82, 2.24) is 5.32 Å². The van der Waals surface area contributed by atoms with E-state index in [1.165, 1.54) is 0 Å². The van der Waals surface area contributed by atoms with Gasteiger partial charge in [0.25, 0.3) is 0 Å². The molecule has 0 spiro atoms. The second kappa shape index (κ2) is 14.3. The monoisotopic (exact) mass is 487 g/mol. The van der Waals surface area contributed by atoms with E-state index in [-0.39, 0.29) is 24.0 Å². The van der Waals surface area contributed by atoms with Gasteiger partial charge < -0.3 is 24.5 Å². The number of furan rings is 1. The highest BCUT2D eigenvalue weighted by molar-refractivity contribution is 14.0. The van der Waals surface area contributed by atoms with Crippen molar-refractivity contribution in [2.75, 3.05) is 38.7 Å². The molecule has 1 aromatic carbocycles. The van der Waals surface area contributed by atoms with Gasteiger partial charge >= 0.3 is 0 Å². The Kier molecular flexibility index (Phi) is 12.4. The third kappa shape index (κ3) is 9.67. The zero-order chi connectivity index (χ0) is 18.5. The van der Waals surface area contributed by atoms with E-state index >= 15 is 0 Å². The number of halogens is 1. The SMILES string of the molecule is CCCN=C(NCCc1ccco1)Nc1cccc(OCCCOC)c1.I. The maximum absolute atomic E-state index is 5.75. The maximum Gasteiger partial charge on any atom is 0.195 e. The molecule has 2 aromatic rings. The summed E-state index contributed by atoms with van der Waals surface area (Å²) in [5.41, 5.74) is 0.939. The van der Waals surface area contributed by atoms with E-state index in [0.717, 1.165) is 55.5 Å². The molecule has 6 nitrogen and oxygen atoms in total. The third-order valence-electron chi connectivity index (χ3n) is 3.60. The number of anilines is 1. The van der Waals surface area contributed by atoms with Gasteiger partial charge in [-0.2, -0.15) is 0 Å². The van der Waals surface area contributed by atoms with Gasteiger partial charge in [-0.3, -0.25) is 4.99 Å². The van der Waals surface area contributed by atoms with Crippen LogP contribution in [-0.4, -0.2) is 39.4 Å². The van der Waals surface area contributed by atoms with Gasteiger partial charge in [-0.1, -0.05) is 13.0 Å². The van der Waals surface area contributed by atoms with E-state index in [0.29, 0.717) is 13.2 Å². The molecule has 0 saturated heterocycles. The van der Waals surface area contributed by atoms with Crippen molar-refractivity contribution in [3.05, 3.63) is 48.4 Å². The number of hydrogen-bond donors (Lipinski definition) is 2. The van der Waals surface area contributed by atoms with Crippen molar-refractivity contribution in [2.24, 2.45) is 4.99 Å². The summed E-state index contributed by atoms with van der Waals surface area (Å²) in [7, 11) is 1.70. The van der Waals surface area contributed by atoms with Crippen LogP contribution in [0, 0.1) is 0 Å². The third-order valence-corrected chi connectivity index (χ3v) is 3.60. The average molecular weight is 487 g/mol. The Bertz CT molecular complexity index is 648. The molecule has 150 valence electrons. The molecule has 0 bridgehead atoms. The second-order valence-corrected chi connectivity index (χ2v) is 5.83. The number of nitrogens with zero attached hydrogens (tertiary/aromatic N) is 1. The normalized spacial score (nSPS) is 11.0. The Morgan fingerprint density at radius 3 is 2.81 bits per heavy atom. The van der Waals surface area contributed by atoms with Crippen molar-refractivity contribution >= 4 is 35.6 Å². The fraction of sp³-hybridized carbons (Fsp3) is 0.450. The van der Waals surface area contributed by atoms with Gasteiger partial charge in [-0.05, 0) is 30.7 Å². The van der Waals surface area contributed by atoms with E-state index in [9.17, 15) is 0 Å². The lowest BCUT2D eigenvalue weighted by atomic mass is 10.3. The van der Waals surface area contributed by atoms with Crippen molar-refractivity contribution < 1.29 is 13.9 Å². The molecule has 2 N–H and O–H groups in total. The lowest BCUT2D eigenvalue weighted by Gasteiger charge is -2.13. The fourth-order valence-corrected chi connectivity index (χ4v) is 2.32. The summed E-state index contributed by atoms with van der Waals surface area (Å²) in [6.07, 6.45) is 4.36. The van der Waals surface area contributed by atoms with Crippen LogP contribution in [0.25, 0.3) is 0 Å². The number of aliphatic imine (C=N–C) groups is 1. The molecule has 0 atom stereocenters. The number of hydrogen-bond acceptors (Lipinski definition) is 4. The molecule has 0 aliphatic rings. The van der Waals surface area contributed by atoms with Crippen LogP contribution in [0.5, 0.6) is 5.75 Å². The van der Waals surface area contributed by atoms with Crippen molar-refractivity contribution in [1.29, 1.82) is 0 Å². The van der Waals surface area contributed by atoms with Crippen molar-refractivity contribution in [3.8, 4) is 5.75 Å². The summed E-state index contributed by atoms with van der Waals surface area (Å²) in [5.74, 6) is 2.55. The Morgan fingerprint density at radius 1 is 1.19 bits per heavy atom. The minimum atomic E-state index is 0. The van der Waals surface area contributed by atoms with Crippen LogP contribution in [0.15, 0.2) is 52.1 Å². The van der Waals surface area contributed by atoms with Gasteiger partial charge in [0.05, 0.1) is 12.9 Å². The second-order valence-electron chi connectivity index (χ2n) is 5.83. The molecule has 0 fully saturated rings. The molecule has 1 aromatic heterocycles. The highest BCUT2D eigenvalue weighted by Gasteiger charge is 2.03. The highest BCUT2D eigenvalue weighted by atomic mass is 127. The first-order valence-electron chi connectivity index (χ1n) is 9.11. The smallest absolute Gasteiger partial charge is 0.195 e. The van der Waals surface area contributed by atoms with Gasteiger partial charge in [-0.15, -0.1) is 24.0 Å². The predicted octanol–water partition coefficient (Wildman–Crippen LogP) is 4.32. The Hall–Kier alpha value is -1.74. The van der Waals surface area contributed by atoms with E-state index in [1.807, 2.05) is 36.4 Å². The molecule has 2 rings (SSSR count). The average Bonchev–Trinajstić information content (AvgIpc) is 3.17. The first kappa shape index (κ1) is 23.3. The lowest BCUT2D eigenvalue weighted by molar-refractivity contribution is 0.172. The molecule has 0 amide bonds. The number of ether oxygens (including phenoxy) is 2. The minimum Gasteiger partial charge on any atom is -0.493 e. The number of methoxy groups -OCH3 is 1. The topological polar surface area (TPSA) is 68.0 Å². The van der Waals surface area contributed by atoms with Gasteiger partial charge in [0.15, 0.2) is 5.96 Å². The quantitative estimate of drug-likeness (QED) is 0.214. The maximum atomic E-state index is 5.75. The van der Waals surface area contributed by atoms with E-state index in [1.54, 1.807) is 13.4 Å². The van der Waals surface area contributed by atoms with Crippen LogP contribution in [0.2, 0.25) is 0 Å². The molecule has 0 unspecified atom stereocenters. The summed E-state index contributed by atoms with van der Waals surface area (Å²) in [4.78, 5) is 4.58. The molecule has 7 heteroatoms. The summed E-state index contributed by atoms with van der Waals surface area (Å²) >= 11 is 0. The van der Waals surface area contributed by atoms with Crippen LogP contribution < -0.4 is 15.4 Å². The fourth-order valence-electron chi connectivity index (χ4n) is 2.32. The number of nitrogens with one attached hydrogen (secondary N) is 2. The van der Waals surface area contributed by atoms with E-state index in [2.05, 4.69) is 22.5 Å². The lowest BCUT2D eigenvalue weighted by Crippen LogP contribution is -2.32. The van der Waals surface area contributed by atoms with Crippen LogP contribution in [0.3, 0.4) is 0 Å². The summed E-state index contributed by atoms with van der Waals surface area (Å²) < 4.78 is 16.1. The number of rotatable bonds is 11. The van der Waals surface area contributed by atoms with Gasteiger partial charge in [0, 0.05) is 51.4 Å². The molecule has 0 radical (unpaired) electrons. The van der Waals surface area contributed by atoms with Crippen molar-refractivity contribution in [3.63, 3.8) is 0 Å². The molecule has 27 heavy (non-hydrogen) atoms. The molecular weight excluding hydrogens is 457 g/mol. The van der Waals surface area contributed by atoms with Crippen LogP contribution in [0.1, 0.15) is 25.5 Å². The first-order chi connectivity index (χ1) is 12.8. The van der Waals surface area contributed by atoms with Gasteiger partial charge in [0.1, 0.15) is 11.5 Å². The largest absolute Gasteiger partial charge is 0.493 e. The highest BCUT2D eigenvalue weighted by Crippen LogP contribution is 2.17. The summed E-state index contributed by atoms with van der Waals surface area (Å²) in [6, 6.07) is 11.8. The molecule has 1 heterocycles. The molecular formula is C20H30IN3O3. The zero-order valence-electron chi connectivity index (χ0n) is 16.1. The van der Waals surface area contributed by atoms with Crippen molar-refractivity contribution in [2.45, 2.75) is 26.2 Å². The molecule has 0 aliphatic heterocycles. The zero-order valence-corrected chi connectivity index (χ0v) is 18.4. The van der Waals surface area contributed by atoms with E-state index in [4.69, 9.17) is 13.9 Å². The van der Waals surface area contributed by atoms with Crippen LogP contribution >= 0.6 is 24.0 Å². The Morgan fingerprint density at radius 2 is 2.07 bits per heavy atom. The van der Waals surface area contributed by atoms with Crippen LogP contribution in [0.4, 0.5) is 5.69 Å². The predicted molar refractivity (Wildman–Crippen MR) is 120 cm³/mol. The first-order valence-corrected chi connectivity index (χ1v) is 9.11. The standard InChI is InChI=1S/C20H29N3O3.HI/c1-3-11-21-20(22-12-10-18-9-5-14-25-18)23-17-7-4-8-19(16-17)26-15-6-13-24-2;/h4-5,7-9,14,16H,3,6,10-13,15H2,1-2H3,(H2,21,22,23);1H. The minimum absolute atomic E-state index is 0. The van der Waals surface area contributed by atoms with Gasteiger partial charge in [0.2, 0.25) is 0 Å². The summed E-state index contributed by atoms with van der Waals surface area (Å²) in [5, 5.41) is 6.68. The van der Waals surface area contributed by atoms with E-state index < -0.39 is 0 Å². The Labute approximate surface area is 178 Å². The van der Waals surface area contributed by atoms with Crippen LogP contribution in [-0.2, 0) is 11.2 Å². The molecule has 0 saturated carbocycles. The summed E-state index contributed by atoms with van der Waals surface area (Å²) in [6.45, 7) is 4.96. The molecule has 0 aliphatic carbocycles. The number of guanidine groups is 1. The van der Waals surface area contributed by atoms with Gasteiger partial charge in [-0.25, -0.2) is 0 Å².